The molecule has 0 amide bonds. The Morgan fingerprint density at radius 1 is 1.26 bits per heavy atom. The molecule has 3 fully saturated rings. The first-order valence-electron chi connectivity index (χ1n) is 8.34. The summed E-state index contributed by atoms with van der Waals surface area (Å²) in [6.45, 7) is 7.98. The molecular weight excluding hydrogens is 236 g/mol. The van der Waals surface area contributed by atoms with Gasteiger partial charge in [0.05, 0.1) is 0 Å². The van der Waals surface area contributed by atoms with Crippen molar-refractivity contribution in [3.63, 3.8) is 0 Å². The van der Waals surface area contributed by atoms with Gasteiger partial charge in [0.1, 0.15) is 0 Å². The van der Waals surface area contributed by atoms with Crippen molar-refractivity contribution in [1.82, 2.24) is 10.2 Å². The summed E-state index contributed by atoms with van der Waals surface area (Å²) < 4.78 is 5.76. The van der Waals surface area contributed by atoms with Gasteiger partial charge in [-0.25, -0.2) is 0 Å². The first-order chi connectivity index (χ1) is 9.27. The van der Waals surface area contributed by atoms with Crippen LogP contribution in [0.2, 0.25) is 0 Å². The van der Waals surface area contributed by atoms with Crippen molar-refractivity contribution in [3.8, 4) is 0 Å². The van der Waals surface area contributed by atoms with Crippen LogP contribution in [0.5, 0.6) is 0 Å². The highest BCUT2D eigenvalue weighted by Gasteiger charge is 2.39. The molecule has 0 aromatic carbocycles. The minimum absolute atomic E-state index is 0.460. The van der Waals surface area contributed by atoms with Crippen LogP contribution in [0.15, 0.2) is 0 Å². The quantitative estimate of drug-likeness (QED) is 0.747. The van der Waals surface area contributed by atoms with Gasteiger partial charge >= 0.3 is 0 Å². The van der Waals surface area contributed by atoms with Crippen molar-refractivity contribution in [2.45, 2.75) is 63.5 Å². The third kappa shape index (κ3) is 3.71. The zero-order valence-electron chi connectivity index (χ0n) is 12.5. The lowest BCUT2D eigenvalue weighted by Gasteiger charge is -2.45. The van der Waals surface area contributed by atoms with Crippen molar-refractivity contribution in [2.75, 3.05) is 32.8 Å². The Kier molecular flexibility index (Phi) is 4.45. The van der Waals surface area contributed by atoms with E-state index in [1.54, 1.807) is 0 Å². The highest BCUT2D eigenvalue weighted by molar-refractivity contribution is 5.00. The topological polar surface area (TPSA) is 24.5 Å². The second kappa shape index (κ2) is 6.11. The van der Waals surface area contributed by atoms with Crippen molar-refractivity contribution in [1.29, 1.82) is 0 Å². The van der Waals surface area contributed by atoms with Crippen LogP contribution in [0.3, 0.4) is 0 Å². The SMILES string of the molecule is CC1CNC2(CCCC2)CN1CCCOCC1CC1. The number of nitrogens with one attached hydrogen (secondary N) is 1. The normalized spacial score (nSPS) is 31.1. The molecule has 2 aliphatic carbocycles. The lowest BCUT2D eigenvalue weighted by atomic mass is 9.92. The van der Waals surface area contributed by atoms with E-state index in [1.807, 2.05) is 0 Å². The van der Waals surface area contributed by atoms with Crippen molar-refractivity contribution >= 4 is 0 Å². The van der Waals surface area contributed by atoms with Crippen LogP contribution < -0.4 is 5.32 Å². The fraction of sp³-hybridized carbons (Fsp3) is 1.00. The monoisotopic (exact) mass is 266 g/mol. The van der Waals surface area contributed by atoms with Crippen LogP contribution >= 0.6 is 0 Å². The summed E-state index contributed by atoms with van der Waals surface area (Å²) in [6.07, 6.45) is 9.60. The second-order valence-electron chi connectivity index (χ2n) is 7.06. The van der Waals surface area contributed by atoms with Gasteiger partial charge in [-0.3, -0.25) is 4.90 Å². The van der Waals surface area contributed by atoms with E-state index in [4.69, 9.17) is 4.74 Å². The molecule has 1 atom stereocenters. The predicted molar refractivity (Wildman–Crippen MR) is 78.4 cm³/mol. The third-order valence-corrected chi connectivity index (χ3v) is 5.25. The molecule has 3 heteroatoms. The van der Waals surface area contributed by atoms with Gasteiger partial charge < -0.3 is 10.1 Å². The average Bonchev–Trinajstić information content (AvgIpc) is 3.13. The summed E-state index contributed by atoms with van der Waals surface area (Å²) in [5.41, 5.74) is 0.460. The van der Waals surface area contributed by atoms with E-state index in [-0.39, 0.29) is 0 Å². The lowest BCUT2D eigenvalue weighted by molar-refractivity contribution is 0.0679. The molecule has 1 spiro atoms. The molecule has 3 aliphatic rings. The predicted octanol–water partition coefficient (Wildman–Crippen LogP) is 2.41. The molecule has 0 radical (unpaired) electrons. The van der Waals surface area contributed by atoms with E-state index in [9.17, 15) is 0 Å². The fourth-order valence-electron chi connectivity index (χ4n) is 3.68. The molecule has 3 rings (SSSR count). The molecule has 110 valence electrons. The van der Waals surface area contributed by atoms with Gasteiger partial charge in [-0.05, 0) is 44.9 Å². The lowest BCUT2D eigenvalue weighted by Crippen LogP contribution is -2.62. The van der Waals surface area contributed by atoms with Crippen LogP contribution in [0.1, 0.15) is 51.9 Å². The maximum atomic E-state index is 5.76. The minimum Gasteiger partial charge on any atom is -0.381 e. The number of hydrogen-bond acceptors (Lipinski definition) is 3. The smallest absolute Gasteiger partial charge is 0.0494 e. The molecule has 2 saturated carbocycles. The Labute approximate surface area is 118 Å². The van der Waals surface area contributed by atoms with E-state index in [2.05, 4.69) is 17.1 Å². The molecule has 1 aliphatic heterocycles. The molecule has 1 N–H and O–H groups in total. The van der Waals surface area contributed by atoms with Gasteiger partial charge in [0.15, 0.2) is 0 Å². The molecule has 1 saturated heterocycles. The van der Waals surface area contributed by atoms with Gasteiger partial charge in [0, 0.05) is 44.4 Å². The number of rotatable bonds is 6. The Bertz CT molecular complexity index is 284. The first-order valence-corrected chi connectivity index (χ1v) is 8.34. The van der Waals surface area contributed by atoms with Gasteiger partial charge in [-0.15, -0.1) is 0 Å². The summed E-state index contributed by atoms with van der Waals surface area (Å²) in [5.74, 6) is 0.903. The van der Waals surface area contributed by atoms with Gasteiger partial charge in [0.2, 0.25) is 0 Å². The molecule has 0 bridgehead atoms. The molecule has 19 heavy (non-hydrogen) atoms. The van der Waals surface area contributed by atoms with Crippen LogP contribution in [0.25, 0.3) is 0 Å². The van der Waals surface area contributed by atoms with E-state index >= 15 is 0 Å². The summed E-state index contributed by atoms with van der Waals surface area (Å²) >= 11 is 0. The highest BCUT2D eigenvalue weighted by atomic mass is 16.5. The van der Waals surface area contributed by atoms with Crippen LogP contribution in [0.4, 0.5) is 0 Å². The Hall–Kier alpha value is -0.120. The summed E-state index contributed by atoms with van der Waals surface area (Å²) in [6, 6.07) is 0.689. The zero-order chi connectivity index (χ0) is 13.1. The summed E-state index contributed by atoms with van der Waals surface area (Å²) in [4.78, 5) is 2.70. The van der Waals surface area contributed by atoms with Crippen LogP contribution in [0, 0.1) is 5.92 Å². The highest BCUT2D eigenvalue weighted by Crippen LogP contribution is 2.33. The van der Waals surface area contributed by atoms with Gasteiger partial charge in [-0.1, -0.05) is 12.8 Å². The Balaban J connectivity index is 1.37. The van der Waals surface area contributed by atoms with Gasteiger partial charge in [-0.2, -0.15) is 0 Å². The van der Waals surface area contributed by atoms with E-state index in [0.717, 1.165) is 19.1 Å². The molecule has 3 nitrogen and oxygen atoms in total. The van der Waals surface area contributed by atoms with E-state index in [0.29, 0.717) is 11.6 Å². The largest absolute Gasteiger partial charge is 0.381 e. The second-order valence-corrected chi connectivity index (χ2v) is 7.06. The first kappa shape index (κ1) is 13.8. The number of ether oxygens (including phenoxy) is 1. The maximum Gasteiger partial charge on any atom is 0.0494 e. The molecular formula is C16H30N2O. The van der Waals surface area contributed by atoms with E-state index in [1.165, 1.54) is 64.6 Å². The van der Waals surface area contributed by atoms with Crippen molar-refractivity contribution in [3.05, 3.63) is 0 Å². The Morgan fingerprint density at radius 2 is 2.05 bits per heavy atom. The van der Waals surface area contributed by atoms with Gasteiger partial charge in [0.25, 0.3) is 0 Å². The summed E-state index contributed by atoms with van der Waals surface area (Å²) in [5, 5.41) is 3.83. The zero-order valence-corrected chi connectivity index (χ0v) is 12.5. The molecule has 0 aromatic heterocycles. The van der Waals surface area contributed by atoms with E-state index < -0.39 is 0 Å². The summed E-state index contributed by atoms with van der Waals surface area (Å²) in [7, 11) is 0. The number of piperazine rings is 1. The van der Waals surface area contributed by atoms with Crippen molar-refractivity contribution in [2.24, 2.45) is 5.92 Å². The number of hydrogen-bond donors (Lipinski definition) is 1. The van der Waals surface area contributed by atoms with Crippen molar-refractivity contribution < 1.29 is 4.74 Å². The fourth-order valence-corrected chi connectivity index (χ4v) is 3.68. The molecule has 0 aromatic rings. The third-order valence-electron chi connectivity index (χ3n) is 5.25. The molecule has 1 heterocycles. The molecule has 1 unspecified atom stereocenters. The average molecular weight is 266 g/mol. The minimum atomic E-state index is 0.460. The van der Waals surface area contributed by atoms with Crippen LogP contribution in [-0.2, 0) is 4.74 Å². The standard InChI is InChI=1S/C16H30N2O/c1-14-11-17-16(7-2-3-8-16)13-18(14)9-4-10-19-12-15-5-6-15/h14-15,17H,2-13H2,1H3. The number of nitrogens with zero attached hydrogens (tertiary/aromatic N) is 1. The maximum absolute atomic E-state index is 5.76. The van der Waals surface area contributed by atoms with Crippen LogP contribution in [-0.4, -0.2) is 49.3 Å². The Morgan fingerprint density at radius 3 is 2.79 bits per heavy atom.